The highest BCUT2D eigenvalue weighted by atomic mass is 19.2. The third-order valence-electron chi connectivity index (χ3n) is 2.67. The van der Waals surface area contributed by atoms with Crippen LogP contribution in [0.2, 0.25) is 0 Å². The lowest BCUT2D eigenvalue weighted by Crippen LogP contribution is -2.44. The summed E-state index contributed by atoms with van der Waals surface area (Å²) in [7, 11) is 1.49. The quantitative estimate of drug-likeness (QED) is 0.843. The Morgan fingerprint density at radius 2 is 2.06 bits per heavy atom. The lowest BCUT2D eigenvalue weighted by Gasteiger charge is -2.31. The van der Waals surface area contributed by atoms with Crippen LogP contribution in [0.4, 0.5) is 14.5 Å². The van der Waals surface area contributed by atoms with E-state index in [9.17, 15) is 13.6 Å². The first-order valence-electron chi connectivity index (χ1n) is 5.18. The van der Waals surface area contributed by atoms with Crippen LogP contribution < -0.4 is 15.4 Å². The monoisotopic (exact) mass is 242 g/mol. The van der Waals surface area contributed by atoms with Gasteiger partial charge in [0.25, 0.3) is 5.91 Å². The number of halogens is 2. The molecule has 0 aliphatic carbocycles. The number of anilines is 1. The van der Waals surface area contributed by atoms with Crippen molar-refractivity contribution in [2.45, 2.75) is 12.5 Å². The van der Waals surface area contributed by atoms with Gasteiger partial charge in [0.15, 0.2) is 17.7 Å². The van der Waals surface area contributed by atoms with Crippen molar-refractivity contribution < 1.29 is 18.3 Å². The van der Waals surface area contributed by atoms with E-state index in [4.69, 9.17) is 10.5 Å². The molecule has 0 spiro atoms. The minimum absolute atomic E-state index is 0.157. The van der Waals surface area contributed by atoms with Crippen LogP contribution in [0.3, 0.4) is 0 Å². The van der Waals surface area contributed by atoms with Crippen LogP contribution in [0.5, 0.6) is 5.75 Å². The Kier molecular flexibility index (Phi) is 2.97. The smallest absolute Gasteiger partial charge is 0.267 e. The van der Waals surface area contributed by atoms with Gasteiger partial charge in [0.1, 0.15) is 5.75 Å². The Hall–Kier alpha value is -1.69. The van der Waals surface area contributed by atoms with Crippen molar-refractivity contribution in [1.82, 2.24) is 0 Å². The van der Waals surface area contributed by atoms with Gasteiger partial charge in [-0.25, -0.2) is 8.78 Å². The SMILES string of the molecule is CN1C(=O)C(CCN)Oc2cc(F)c(F)cc21. The third-order valence-corrected chi connectivity index (χ3v) is 2.67. The number of carbonyl (C=O) groups excluding carboxylic acids is 1. The molecule has 0 radical (unpaired) electrons. The molecule has 1 unspecified atom stereocenters. The molecule has 1 aliphatic heterocycles. The molecule has 0 aromatic heterocycles. The number of rotatable bonds is 2. The van der Waals surface area contributed by atoms with Gasteiger partial charge in [-0.15, -0.1) is 0 Å². The van der Waals surface area contributed by atoms with Gasteiger partial charge in [-0.05, 0) is 6.54 Å². The highest BCUT2D eigenvalue weighted by Crippen LogP contribution is 2.35. The molecule has 6 heteroatoms. The summed E-state index contributed by atoms with van der Waals surface area (Å²) < 4.78 is 31.4. The second kappa shape index (κ2) is 4.29. The third kappa shape index (κ3) is 1.95. The Labute approximate surface area is 97.0 Å². The number of amides is 1. The van der Waals surface area contributed by atoms with E-state index < -0.39 is 17.7 Å². The standard InChI is InChI=1S/C11H12F2N2O2/c1-15-8-4-6(12)7(13)5-10(8)17-9(2-3-14)11(15)16/h4-5,9H,2-3,14H2,1H3. The minimum Gasteiger partial charge on any atom is -0.478 e. The van der Waals surface area contributed by atoms with E-state index in [-0.39, 0.29) is 23.9 Å². The van der Waals surface area contributed by atoms with Gasteiger partial charge in [-0.2, -0.15) is 0 Å². The number of nitrogens with zero attached hydrogens (tertiary/aromatic N) is 1. The Morgan fingerprint density at radius 3 is 2.71 bits per heavy atom. The molecule has 1 heterocycles. The Bertz CT molecular complexity index is 465. The lowest BCUT2D eigenvalue weighted by atomic mass is 10.1. The molecule has 1 aliphatic rings. The van der Waals surface area contributed by atoms with Crippen LogP contribution in [0, 0.1) is 11.6 Å². The molecule has 2 N–H and O–H groups in total. The zero-order chi connectivity index (χ0) is 12.6. The normalized spacial score (nSPS) is 18.9. The molecule has 2 rings (SSSR count). The molecule has 1 amide bonds. The van der Waals surface area contributed by atoms with Gasteiger partial charge in [-0.1, -0.05) is 0 Å². The molecule has 92 valence electrons. The fraction of sp³-hybridized carbons (Fsp3) is 0.364. The van der Waals surface area contributed by atoms with E-state index in [1.54, 1.807) is 0 Å². The van der Waals surface area contributed by atoms with Crippen molar-refractivity contribution in [3.8, 4) is 5.75 Å². The summed E-state index contributed by atoms with van der Waals surface area (Å²) >= 11 is 0. The van der Waals surface area contributed by atoms with Gasteiger partial charge in [0.05, 0.1) is 5.69 Å². The van der Waals surface area contributed by atoms with Crippen molar-refractivity contribution in [2.75, 3.05) is 18.5 Å². The number of nitrogens with two attached hydrogens (primary N) is 1. The number of ether oxygens (including phenoxy) is 1. The molecule has 1 atom stereocenters. The summed E-state index contributed by atoms with van der Waals surface area (Å²) in [6.45, 7) is 0.281. The second-order valence-corrected chi connectivity index (χ2v) is 3.82. The first-order chi connectivity index (χ1) is 8.04. The summed E-state index contributed by atoms with van der Waals surface area (Å²) in [6.07, 6.45) is -0.399. The molecule has 1 aromatic rings. The van der Waals surface area contributed by atoms with Gasteiger partial charge in [0, 0.05) is 25.6 Å². The van der Waals surface area contributed by atoms with Crippen molar-refractivity contribution in [1.29, 1.82) is 0 Å². The predicted molar refractivity (Wildman–Crippen MR) is 57.9 cm³/mol. The van der Waals surface area contributed by atoms with Gasteiger partial charge in [0.2, 0.25) is 0 Å². The predicted octanol–water partition coefficient (Wildman–Crippen LogP) is 1.04. The number of benzene rings is 1. The highest BCUT2D eigenvalue weighted by molar-refractivity contribution is 5.99. The summed E-state index contributed by atoms with van der Waals surface area (Å²) in [5.41, 5.74) is 5.58. The molecule has 0 saturated heterocycles. The van der Waals surface area contributed by atoms with Crippen LogP contribution >= 0.6 is 0 Å². The Morgan fingerprint density at radius 1 is 1.41 bits per heavy atom. The number of fused-ring (bicyclic) bond motifs is 1. The largest absolute Gasteiger partial charge is 0.478 e. The summed E-state index contributed by atoms with van der Waals surface area (Å²) in [5.74, 6) is -2.17. The van der Waals surface area contributed by atoms with Crippen molar-refractivity contribution in [3.63, 3.8) is 0 Å². The topological polar surface area (TPSA) is 55.6 Å². The molecule has 1 aromatic carbocycles. The van der Waals surface area contributed by atoms with E-state index >= 15 is 0 Å². The average molecular weight is 242 g/mol. The maximum atomic E-state index is 13.1. The van der Waals surface area contributed by atoms with E-state index in [0.29, 0.717) is 6.42 Å². The van der Waals surface area contributed by atoms with E-state index in [2.05, 4.69) is 0 Å². The fourth-order valence-electron chi connectivity index (χ4n) is 1.75. The van der Waals surface area contributed by atoms with Gasteiger partial charge < -0.3 is 15.4 Å². The van der Waals surface area contributed by atoms with E-state index in [1.165, 1.54) is 11.9 Å². The summed E-state index contributed by atoms with van der Waals surface area (Å²) in [5, 5.41) is 0. The number of hydrogen-bond donors (Lipinski definition) is 1. The summed E-state index contributed by atoms with van der Waals surface area (Å²) in [6, 6.07) is 1.89. The second-order valence-electron chi connectivity index (χ2n) is 3.82. The number of likely N-dealkylation sites (N-methyl/N-ethyl adjacent to an activating group) is 1. The van der Waals surface area contributed by atoms with Crippen LogP contribution in [0.25, 0.3) is 0 Å². The Balaban J connectivity index is 2.42. The van der Waals surface area contributed by atoms with Crippen molar-refractivity contribution >= 4 is 11.6 Å². The van der Waals surface area contributed by atoms with E-state index in [1.807, 2.05) is 0 Å². The molecule has 0 fully saturated rings. The first-order valence-corrected chi connectivity index (χ1v) is 5.18. The minimum atomic E-state index is -1.01. The molecular weight excluding hydrogens is 230 g/mol. The zero-order valence-electron chi connectivity index (χ0n) is 9.24. The van der Waals surface area contributed by atoms with Crippen LogP contribution in [0.1, 0.15) is 6.42 Å². The maximum absolute atomic E-state index is 13.1. The van der Waals surface area contributed by atoms with Crippen LogP contribution in [-0.4, -0.2) is 25.6 Å². The summed E-state index contributed by atoms with van der Waals surface area (Å²) in [4.78, 5) is 13.1. The lowest BCUT2D eigenvalue weighted by molar-refractivity contribution is -0.126. The van der Waals surface area contributed by atoms with Crippen molar-refractivity contribution in [3.05, 3.63) is 23.8 Å². The van der Waals surface area contributed by atoms with Crippen LogP contribution in [0.15, 0.2) is 12.1 Å². The molecular formula is C11H12F2N2O2. The molecule has 0 bridgehead atoms. The maximum Gasteiger partial charge on any atom is 0.267 e. The van der Waals surface area contributed by atoms with Crippen molar-refractivity contribution in [2.24, 2.45) is 5.73 Å². The zero-order valence-corrected chi connectivity index (χ0v) is 9.24. The fourth-order valence-corrected chi connectivity index (χ4v) is 1.75. The van der Waals surface area contributed by atoms with Gasteiger partial charge >= 0.3 is 0 Å². The average Bonchev–Trinajstić information content (AvgIpc) is 2.29. The number of carbonyl (C=O) groups is 1. The first kappa shape index (κ1) is 11.8. The van der Waals surface area contributed by atoms with Gasteiger partial charge in [-0.3, -0.25) is 4.79 Å². The molecule has 17 heavy (non-hydrogen) atoms. The van der Waals surface area contributed by atoms with Crippen LogP contribution in [-0.2, 0) is 4.79 Å². The highest BCUT2D eigenvalue weighted by Gasteiger charge is 2.32. The van der Waals surface area contributed by atoms with E-state index in [0.717, 1.165) is 12.1 Å². The molecule has 0 saturated carbocycles. The molecule has 4 nitrogen and oxygen atoms in total. The number of hydrogen-bond acceptors (Lipinski definition) is 3.